The number of thiocarbonyl (C=S) groups is 1. The summed E-state index contributed by atoms with van der Waals surface area (Å²) in [6.45, 7) is 2.32. The van der Waals surface area contributed by atoms with Gasteiger partial charge in [-0.25, -0.2) is 0 Å². The molecule has 2 aliphatic heterocycles. The highest BCUT2D eigenvalue weighted by Gasteiger charge is 2.33. The van der Waals surface area contributed by atoms with Crippen molar-refractivity contribution in [3.8, 4) is 11.5 Å². The smallest absolute Gasteiger partial charge is 0.281 e. The lowest BCUT2D eigenvalue weighted by Crippen LogP contribution is -2.30. The number of carbonyl (C=O) groups excluding carboxylic acids is 1. The van der Waals surface area contributed by atoms with Gasteiger partial charge in [0.25, 0.3) is 5.91 Å². The second kappa shape index (κ2) is 6.89. The Morgan fingerprint density at radius 3 is 2.85 bits per heavy atom. The average Bonchev–Trinajstić information content (AvgIpc) is 2.95. The first-order chi connectivity index (χ1) is 13.1. The van der Waals surface area contributed by atoms with Gasteiger partial charge in [0.1, 0.15) is 23.8 Å². The molecule has 2 aromatic carbocycles. The minimum Gasteiger partial charge on any atom is -0.497 e. The Balaban J connectivity index is 1.63. The minimum absolute atomic E-state index is 0.171. The fourth-order valence-electron chi connectivity index (χ4n) is 3.13. The second-order valence-corrected chi connectivity index (χ2v) is 6.71. The number of hydrogen-bond acceptors (Lipinski definition) is 4. The highest BCUT2D eigenvalue weighted by molar-refractivity contribution is 7.80. The Morgan fingerprint density at radius 1 is 1.26 bits per heavy atom. The highest BCUT2D eigenvalue weighted by Crippen LogP contribution is 2.31. The normalized spacial score (nSPS) is 17.3. The van der Waals surface area contributed by atoms with Gasteiger partial charge in [-0.05, 0) is 60.6 Å². The molecule has 0 radical (unpaired) electrons. The summed E-state index contributed by atoms with van der Waals surface area (Å²) in [5.41, 5.74) is 4.04. The van der Waals surface area contributed by atoms with Crippen LogP contribution in [-0.2, 0) is 4.79 Å². The number of methoxy groups -OCH3 is 1. The predicted octanol–water partition coefficient (Wildman–Crippen LogP) is 3.58. The fraction of sp³-hybridized carbons (Fsp3) is 0.143. The van der Waals surface area contributed by atoms with Crippen molar-refractivity contribution in [3.63, 3.8) is 0 Å². The van der Waals surface area contributed by atoms with Crippen molar-refractivity contribution in [1.29, 1.82) is 0 Å². The molecule has 0 saturated carbocycles. The highest BCUT2D eigenvalue weighted by atomic mass is 32.1. The summed E-state index contributed by atoms with van der Waals surface area (Å²) in [6.07, 6.45) is 3.79. The van der Waals surface area contributed by atoms with E-state index in [1.54, 1.807) is 13.2 Å². The number of benzene rings is 2. The SMILES string of the molecule is COc1ccc2c(c1)OCC(/C=C1\NC(=S)N(c3ccccc3C)C1=O)=C2. The number of anilines is 1. The summed E-state index contributed by atoms with van der Waals surface area (Å²) in [7, 11) is 1.62. The molecule has 1 N–H and O–H groups in total. The first-order valence-corrected chi connectivity index (χ1v) is 8.92. The van der Waals surface area contributed by atoms with E-state index in [1.807, 2.05) is 55.5 Å². The van der Waals surface area contributed by atoms with Gasteiger partial charge >= 0.3 is 0 Å². The first-order valence-electron chi connectivity index (χ1n) is 8.51. The lowest BCUT2D eigenvalue weighted by atomic mass is 10.1. The molecule has 1 saturated heterocycles. The number of nitrogens with one attached hydrogen (secondary N) is 1. The predicted molar refractivity (Wildman–Crippen MR) is 109 cm³/mol. The van der Waals surface area contributed by atoms with E-state index < -0.39 is 0 Å². The molecule has 0 aliphatic carbocycles. The number of para-hydroxylation sites is 1. The van der Waals surface area contributed by atoms with Gasteiger partial charge < -0.3 is 14.8 Å². The number of amides is 1. The van der Waals surface area contributed by atoms with Gasteiger partial charge in [0.05, 0.1) is 12.8 Å². The maximum atomic E-state index is 12.9. The van der Waals surface area contributed by atoms with Gasteiger partial charge in [0.2, 0.25) is 0 Å². The number of aryl methyl sites for hydroxylation is 1. The largest absolute Gasteiger partial charge is 0.497 e. The van der Waals surface area contributed by atoms with Crippen molar-refractivity contribution in [1.82, 2.24) is 5.32 Å². The standard InChI is InChI=1S/C21H18N2O3S/c1-13-5-3-4-6-18(13)23-20(24)17(22-21(23)27)10-14-9-15-7-8-16(25-2)11-19(15)26-12-14/h3-11H,12H2,1-2H3,(H,22,27)/b17-10-. The third-order valence-electron chi connectivity index (χ3n) is 4.52. The molecule has 0 aromatic heterocycles. The van der Waals surface area contributed by atoms with Gasteiger partial charge in [0, 0.05) is 11.6 Å². The molecule has 2 aliphatic rings. The summed E-state index contributed by atoms with van der Waals surface area (Å²) in [5.74, 6) is 1.34. The molecule has 0 spiro atoms. The first kappa shape index (κ1) is 17.3. The van der Waals surface area contributed by atoms with Crippen molar-refractivity contribution in [2.75, 3.05) is 18.6 Å². The Morgan fingerprint density at radius 2 is 2.07 bits per heavy atom. The Bertz CT molecular complexity index is 1010. The molecular weight excluding hydrogens is 360 g/mol. The van der Waals surface area contributed by atoms with Crippen LogP contribution in [0, 0.1) is 6.92 Å². The van der Waals surface area contributed by atoms with Crippen LogP contribution >= 0.6 is 12.2 Å². The Labute approximate surface area is 162 Å². The van der Waals surface area contributed by atoms with Crippen molar-refractivity contribution < 1.29 is 14.3 Å². The van der Waals surface area contributed by atoms with E-state index in [0.29, 0.717) is 17.4 Å². The lowest BCUT2D eigenvalue weighted by Gasteiger charge is -2.17. The molecule has 2 heterocycles. The van der Waals surface area contributed by atoms with Crippen LogP contribution in [0.25, 0.3) is 6.08 Å². The van der Waals surface area contributed by atoms with Gasteiger partial charge in [-0.15, -0.1) is 0 Å². The summed E-state index contributed by atoms with van der Waals surface area (Å²) >= 11 is 5.38. The number of ether oxygens (including phenoxy) is 2. The molecule has 0 bridgehead atoms. The van der Waals surface area contributed by atoms with Crippen LogP contribution in [0.2, 0.25) is 0 Å². The zero-order valence-corrected chi connectivity index (χ0v) is 15.8. The molecule has 5 nitrogen and oxygen atoms in total. The summed E-state index contributed by atoms with van der Waals surface area (Å²) in [5, 5.41) is 3.40. The van der Waals surface area contributed by atoms with Crippen LogP contribution in [0.15, 0.2) is 59.8 Å². The molecular formula is C21H18N2O3S. The van der Waals surface area contributed by atoms with Crippen LogP contribution in [0.3, 0.4) is 0 Å². The maximum absolute atomic E-state index is 12.9. The Kier molecular flexibility index (Phi) is 4.41. The topological polar surface area (TPSA) is 50.8 Å². The van der Waals surface area contributed by atoms with Crippen molar-refractivity contribution in [3.05, 3.63) is 70.9 Å². The summed E-state index contributed by atoms with van der Waals surface area (Å²) < 4.78 is 11.0. The third kappa shape index (κ3) is 3.19. The average molecular weight is 378 g/mol. The fourth-order valence-corrected chi connectivity index (χ4v) is 3.42. The molecule has 4 rings (SSSR count). The molecule has 1 amide bonds. The number of carbonyl (C=O) groups is 1. The molecule has 1 fully saturated rings. The molecule has 136 valence electrons. The number of hydrogen-bond donors (Lipinski definition) is 1. The Hall–Kier alpha value is -3.12. The van der Waals surface area contributed by atoms with Crippen LogP contribution in [-0.4, -0.2) is 24.7 Å². The van der Waals surface area contributed by atoms with E-state index in [2.05, 4.69) is 5.32 Å². The van der Waals surface area contributed by atoms with Crippen molar-refractivity contribution >= 4 is 35.0 Å². The third-order valence-corrected chi connectivity index (χ3v) is 4.80. The van der Waals surface area contributed by atoms with Gasteiger partial charge in [-0.2, -0.15) is 0 Å². The van der Waals surface area contributed by atoms with Crippen molar-refractivity contribution in [2.45, 2.75) is 6.92 Å². The van der Waals surface area contributed by atoms with Gasteiger partial charge in [0.15, 0.2) is 5.11 Å². The lowest BCUT2D eigenvalue weighted by molar-refractivity contribution is -0.113. The zero-order chi connectivity index (χ0) is 19.0. The molecule has 27 heavy (non-hydrogen) atoms. The molecule has 6 heteroatoms. The van der Waals surface area contributed by atoms with Crippen molar-refractivity contribution in [2.24, 2.45) is 0 Å². The van der Waals surface area contributed by atoms with Gasteiger partial charge in [-0.3, -0.25) is 9.69 Å². The zero-order valence-electron chi connectivity index (χ0n) is 15.0. The van der Waals surface area contributed by atoms with E-state index in [1.165, 1.54) is 4.90 Å². The van der Waals surface area contributed by atoms with Gasteiger partial charge in [-0.1, -0.05) is 18.2 Å². The number of rotatable bonds is 3. The summed E-state index contributed by atoms with van der Waals surface area (Å²) in [4.78, 5) is 14.4. The summed E-state index contributed by atoms with van der Waals surface area (Å²) in [6, 6.07) is 13.3. The number of fused-ring (bicyclic) bond motifs is 1. The van der Waals surface area contributed by atoms with Crippen LogP contribution in [0.5, 0.6) is 11.5 Å². The van der Waals surface area contributed by atoms with Crippen LogP contribution < -0.4 is 19.7 Å². The van der Waals surface area contributed by atoms with E-state index in [4.69, 9.17) is 21.7 Å². The second-order valence-electron chi connectivity index (χ2n) is 6.33. The van der Waals surface area contributed by atoms with E-state index in [0.717, 1.165) is 33.9 Å². The van der Waals surface area contributed by atoms with E-state index in [9.17, 15) is 4.79 Å². The maximum Gasteiger partial charge on any atom is 0.281 e. The minimum atomic E-state index is -0.171. The van der Waals surface area contributed by atoms with E-state index in [-0.39, 0.29) is 5.91 Å². The monoisotopic (exact) mass is 378 g/mol. The van der Waals surface area contributed by atoms with Crippen LogP contribution in [0.4, 0.5) is 5.69 Å². The van der Waals surface area contributed by atoms with E-state index >= 15 is 0 Å². The molecule has 0 atom stereocenters. The molecule has 0 unspecified atom stereocenters. The quantitative estimate of drug-likeness (QED) is 0.654. The van der Waals surface area contributed by atoms with Crippen LogP contribution in [0.1, 0.15) is 11.1 Å². The number of nitrogens with zero attached hydrogens (tertiary/aromatic N) is 1. The molecule has 2 aromatic rings.